The Morgan fingerprint density at radius 2 is 1.87 bits per heavy atom. The van der Waals surface area contributed by atoms with Crippen molar-refractivity contribution in [2.24, 2.45) is 5.73 Å². The van der Waals surface area contributed by atoms with Gasteiger partial charge in [-0.1, -0.05) is 30.3 Å². The van der Waals surface area contributed by atoms with Gasteiger partial charge in [-0.25, -0.2) is 0 Å². The van der Waals surface area contributed by atoms with Crippen LogP contribution in [0.25, 0.3) is 0 Å². The summed E-state index contributed by atoms with van der Waals surface area (Å²) in [6, 6.07) is 9.42. The quantitative estimate of drug-likeness (QED) is 0.654. The fourth-order valence-corrected chi connectivity index (χ4v) is 2.05. The molecule has 1 aromatic rings. The molecule has 5 nitrogen and oxygen atoms in total. The highest BCUT2D eigenvalue weighted by Gasteiger charge is 2.29. The van der Waals surface area contributed by atoms with Crippen molar-refractivity contribution in [3.8, 4) is 0 Å². The van der Waals surface area contributed by atoms with Crippen LogP contribution in [0.15, 0.2) is 30.3 Å². The number of hydrogen-bond donors (Lipinski definition) is 2. The van der Waals surface area contributed by atoms with Crippen LogP contribution >= 0.6 is 24.8 Å². The molecule has 0 spiro atoms. The summed E-state index contributed by atoms with van der Waals surface area (Å²) >= 11 is 0. The second kappa shape index (κ2) is 12.6. The number of benzene rings is 1. The van der Waals surface area contributed by atoms with Gasteiger partial charge in [-0.05, 0) is 26.0 Å². The molecule has 0 aliphatic rings. The summed E-state index contributed by atoms with van der Waals surface area (Å²) in [5, 5.41) is 2.91. The number of nitrogens with one attached hydrogen (secondary N) is 1. The maximum atomic E-state index is 12.2. The summed E-state index contributed by atoms with van der Waals surface area (Å²) in [4.78, 5) is 14.4. The average molecular weight is 366 g/mol. The lowest BCUT2D eigenvalue weighted by Crippen LogP contribution is -2.50. The number of nitrogens with two attached hydrogens (primary N) is 1. The number of carbonyl (C=O) groups is 1. The van der Waals surface area contributed by atoms with E-state index < -0.39 is 5.54 Å². The van der Waals surface area contributed by atoms with Crippen LogP contribution in [0.1, 0.15) is 18.9 Å². The van der Waals surface area contributed by atoms with E-state index in [1.54, 1.807) is 14.0 Å². The van der Waals surface area contributed by atoms with Gasteiger partial charge in [0.05, 0.1) is 0 Å². The molecule has 0 saturated heterocycles. The van der Waals surface area contributed by atoms with Gasteiger partial charge in [0.1, 0.15) is 5.54 Å². The number of halogens is 2. The second-order valence-corrected chi connectivity index (χ2v) is 5.47. The first-order valence-electron chi connectivity index (χ1n) is 7.28. The zero-order valence-corrected chi connectivity index (χ0v) is 15.7. The SMILES string of the molecule is COCCCN(C)CCNC(=O)C(C)(N)c1ccccc1.Cl.Cl. The molecule has 0 aliphatic carbocycles. The van der Waals surface area contributed by atoms with E-state index in [9.17, 15) is 4.79 Å². The third-order valence-electron chi connectivity index (χ3n) is 3.51. The van der Waals surface area contributed by atoms with E-state index >= 15 is 0 Å². The molecule has 0 saturated carbocycles. The summed E-state index contributed by atoms with van der Waals surface area (Å²) < 4.78 is 5.02. The number of nitrogens with zero attached hydrogens (tertiary/aromatic N) is 1. The molecule has 0 aromatic heterocycles. The maximum Gasteiger partial charge on any atom is 0.244 e. The van der Waals surface area contributed by atoms with Crippen LogP contribution in [0.5, 0.6) is 0 Å². The first-order valence-corrected chi connectivity index (χ1v) is 7.28. The van der Waals surface area contributed by atoms with Crippen molar-refractivity contribution in [1.82, 2.24) is 10.2 Å². The van der Waals surface area contributed by atoms with Crippen LogP contribution in [-0.2, 0) is 15.1 Å². The van der Waals surface area contributed by atoms with Gasteiger partial charge in [0.2, 0.25) is 5.91 Å². The van der Waals surface area contributed by atoms with Gasteiger partial charge in [-0.15, -0.1) is 24.8 Å². The molecule has 0 bridgehead atoms. The van der Waals surface area contributed by atoms with Crippen molar-refractivity contribution in [3.63, 3.8) is 0 Å². The van der Waals surface area contributed by atoms with Crippen molar-refractivity contribution in [2.75, 3.05) is 40.4 Å². The van der Waals surface area contributed by atoms with Crippen LogP contribution in [0.4, 0.5) is 0 Å². The Morgan fingerprint density at radius 3 is 2.43 bits per heavy atom. The summed E-state index contributed by atoms with van der Waals surface area (Å²) in [6.45, 7) is 4.82. The highest BCUT2D eigenvalue weighted by Crippen LogP contribution is 2.17. The molecule has 23 heavy (non-hydrogen) atoms. The maximum absolute atomic E-state index is 12.2. The Hall–Kier alpha value is -0.850. The van der Waals surface area contributed by atoms with Gasteiger partial charge in [-0.2, -0.15) is 0 Å². The van der Waals surface area contributed by atoms with Gasteiger partial charge in [-0.3, -0.25) is 4.79 Å². The summed E-state index contributed by atoms with van der Waals surface area (Å²) in [7, 11) is 3.73. The van der Waals surface area contributed by atoms with Crippen molar-refractivity contribution in [1.29, 1.82) is 0 Å². The highest BCUT2D eigenvalue weighted by atomic mass is 35.5. The largest absolute Gasteiger partial charge is 0.385 e. The van der Waals surface area contributed by atoms with Gasteiger partial charge in [0.15, 0.2) is 0 Å². The third kappa shape index (κ3) is 8.53. The monoisotopic (exact) mass is 365 g/mol. The van der Waals surface area contributed by atoms with Crippen LogP contribution < -0.4 is 11.1 Å². The highest BCUT2D eigenvalue weighted by molar-refractivity contribution is 5.87. The van der Waals surface area contributed by atoms with Crippen LogP contribution in [0, 0.1) is 0 Å². The first-order chi connectivity index (χ1) is 9.98. The van der Waals surface area contributed by atoms with E-state index in [1.165, 1.54) is 0 Å². The number of amides is 1. The number of rotatable bonds is 9. The Labute approximate surface area is 151 Å². The van der Waals surface area contributed by atoms with Crippen molar-refractivity contribution >= 4 is 30.7 Å². The van der Waals surface area contributed by atoms with E-state index in [4.69, 9.17) is 10.5 Å². The van der Waals surface area contributed by atoms with E-state index in [1.807, 2.05) is 37.4 Å². The van der Waals surface area contributed by atoms with E-state index in [2.05, 4.69) is 10.2 Å². The Bertz CT molecular complexity index is 431. The Kier molecular flexibility index (Phi) is 13.3. The van der Waals surface area contributed by atoms with Gasteiger partial charge >= 0.3 is 0 Å². The molecule has 0 heterocycles. The summed E-state index contributed by atoms with van der Waals surface area (Å²) in [5.41, 5.74) is 5.97. The molecule has 1 unspecified atom stereocenters. The van der Waals surface area contributed by atoms with Crippen LogP contribution in [0.2, 0.25) is 0 Å². The first kappa shape index (κ1) is 24.4. The minimum absolute atomic E-state index is 0. The number of hydrogen-bond acceptors (Lipinski definition) is 4. The Balaban J connectivity index is 0. The molecule has 134 valence electrons. The second-order valence-electron chi connectivity index (χ2n) is 5.47. The molecule has 1 amide bonds. The molecule has 0 aliphatic heterocycles. The van der Waals surface area contributed by atoms with E-state index in [0.29, 0.717) is 6.54 Å². The lowest BCUT2D eigenvalue weighted by atomic mass is 9.92. The molecule has 3 N–H and O–H groups in total. The molecule has 1 aromatic carbocycles. The fourth-order valence-electron chi connectivity index (χ4n) is 2.05. The smallest absolute Gasteiger partial charge is 0.244 e. The number of carbonyl (C=O) groups excluding carboxylic acids is 1. The minimum atomic E-state index is -1.00. The molecule has 7 heteroatoms. The van der Waals surface area contributed by atoms with E-state index in [0.717, 1.165) is 31.7 Å². The van der Waals surface area contributed by atoms with E-state index in [-0.39, 0.29) is 30.7 Å². The predicted octanol–water partition coefficient (Wildman–Crippen LogP) is 1.79. The topological polar surface area (TPSA) is 67.6 Å². The number of likely N-dealkylation sites (N-methyl/N-ethyl adjacent to an activating group) is 1. The van der Waals surface area contributed by atoms with Gasteiger partial charge < -0.3 is 20.7 Å². The van der Waals surface area contributed by atoms with Gasteiger partial charge in [0.25, 0.3) is 0 Å². The third-order valence-corrected chi connectivity index (χ3v) is 3.51. The lowest BCUT2D eigenvalue weighted by Gasteiger charge is -2.25. The van der Waals surface area contributed by atoms with Crippen molar-refractivity contribution in [3.05, 3.63) is 35.9 Å². The van der Waals surface area contributed by atoms with Gasteiger partial charge in [0, 0.05) is 33.4 Å². The number of methoxy groups -OCH3 is 1. The zero-order valence-electron chi connectivity index (χ0n) is 14.1. The zero-order chi connectivity index (χ0) is 15.7. The molecule has 0 radical (unpaired) electrons. The van der Waals surface area contributed by atoms with Crippen LogP contribution in [0.3, 0.4) is 0 Å². The fraction of sp³-hybridized carbons (Fsp3) is 0.562. The van der Waals surface area contributed by atoms with Crippen LogP contribution in [-0.4, -0.2) is 51.2 Å². The normalized spacial score (nSPS) is 12.7. The minimum Gasteiger partial charge on any atom is -0.385 e. The summed E-state index contributed by atoms with van der Waals surface area (Å²) in [5.74, 6) is -0.154. The van der Waals surface area contributed by atoms with Crippen molar-refractivity contribution < 1.29 is 9.53 Å². The molecular weight excluding hydrogens is 337 g/mol. The summed E-state index contributed by atoms with van der Waals surface area (Å²) in [6.07, 6.45) is 0.986. The van der Waals surface area contributed by atoms with Crippen molar-refractivity contribution in [2.45, 2.75) is 18.9 Å². The molecular formula is C16H29Cl2N3O2. The standard InChI is InChI=1S/C16H27N3O2.2ClH/c1-16(17,14-8-5-4-6-9-14)15(20)18-10-12-19(2)11-7-13-21-3;;/h4-6,8-9H,7,10-13,17H2,1-3H3,(H,18,20);2*1H. The Morgan fingerprint density at radius 1 is 1.26 bits per heavy atom. The average Bonchev–Trinajstić information content (AvgIpc) is 2.48. The lowest BCUT2D eigenvalue weighted by molar-refractivity contribution is -0.126. The molecule has 1 rings (SSSR count). The predicted molar refractivity (Wildman–Crippen MR) is 99.5 cm³/mol. The molecule has 1 atom stereocenters. The number of ether oxygens (including phenoxy) is 1. The molecule has 0 fully saturated rings.